The molecule has 1 aromatic heterocycles. The van der Waals surface area contributed by atoms with Gasteiger partial charge in [-0.25, -0.2) is 4.98 Å². The lowest BCUT2D eigenvalue weighted by atomic mass is 10.3. The fourth-order valence-electron chi connectivity index (χ4n) is 1.79. The Bertz CT molecular complexity index is 742. The van der Waals surface area contributed by atoms with Crippen molar-refractivity contribution >= 4 is 39.8 Å². The van der Waals surface area contributed by atoms with E-state index in [0.29, 0.717) is 22.2 Å². The summed E-state index contributed by atoms with van der Waals surface area (Å²) in [4.78, 5) is 8.80. The molecule has 0 fully saturated rings. The molecule has 0 atom stereocenters. The maximum atomic E-state index is 6.10. The van der Waals surface area contributed by atoms with Crippen LogP contribution in [0.5, 0.6) is 0 Å². The van der Waals surface area contributed by atoms with E-state index in [9.17, 15) is 0 Å². The zero-order valence-electron chi connectivity index (χ0n) is 9.97. The maximum Gasteiger partial charge on any atom is 0.149 e. The van der Waals surface area contributed by atoms with Crippen LogP contribution in [-0.2, 0) is 0 Å². The SMILES string of the molecule is Nc1ccc(Cl)c(Nc2cnc3ccccc3n2)c1. The summed E-state index contributed by atoms with van der Waals surface area (Å²) in [6, 6.07) is 12.9. The van der Waals surface area contributed by atoms with Crippen molar-refractivity contribution in [3.63, 3.8) is 0 Å². The first-order valence-electron chi connectivity index (χ1n) is 5.76. The van der Waals surface area contributed by atoms with Crippen molar-refractivity contribution in [1.82, 2.24) is 9.97 Å². The third-order valence-corrected chi connectivity index (χ3v) is 3.03. The summed E-state index contributed by atoms with van der Waals surface area (Å²) in [6.07, 6.45) is 1.67. The highest BCUT2D eigenvalue weighted by molar-refractivity contribution is 6.33. The first-order valence-corrected chi connectivity index (χ1v) is 6.14. The van der Waals surface area contributed by atoms with Crippen LogP contribution in [0.2, 0.25) is 5.02 Å². The van der Waals surface area contributed by atoms with Gasteiger partial charge in [-0.1, -0.05) is 23.7 Å². The third-order valence-electron chi connectivity index (χ3n) is 2.70. The summed E-state index contributed by atoms with van der Waals surface area (Å²) in [5, 5.41) is 3.71. The number of anilines is 3. The van der Waals surface area contributed by atoms with Gasteiger partial charge in [0.1, 0.15) is 5.82 Å². The standard InChI is InChI=1S/C14H11ClN4/c15-10-6-5-9(16)7-13(10)19-14-8-17-11-3-1-2-4-12(11)18-14/h1-8H,16H2,(H,18,19). The molecule has 3 N–H and O–H groups in total. The number of nitrogens with zero attached hydrogens (tertiary/aromatic N) is 2. The predicted octanol–water partition coefficient (Wildman–Crippen LogP) is 3.61. The Labute approximate surface area is 115 Å². The zero-order valence-corrected chi connectivity index (χ0v) is 10.7. The van der Waals surface area contributed by atoms with Gasteiger partial charge in [-0.3, -0.25) is 4.98 Å². The van der Waals surface area contributed by atoms with Crippen LogP contribution in [0.15, 0.2) is 48.7 Å². The number of nitrogen functional groups attached to an aromatic ring is 1. The van der Waals surface area contributed by atoms with Crippen LogP contribution in [0.3, 0.4) is 0 Å². The van der Waals surface area contributed by atoms with Crippen LogP contribution in [0, 0.1) is 0 Å². The molecule has 0 unspecified atom stereocenters. The highest BCUT2D eigenvalue weighted by Gasteiger charge is 2.04. The minimum absolute atomic E-state index is 0.587. The fraction of sp³-hybridized carbons (Fsp3) is 0. The van der Waals surface area contributed by atoms with E-state index in [1.165, 1.54) is 0 Å². The minimum atomic E-state index is 0.587. The lowest BCUT2D eigenvalue weighted by Gasteiger charge is -2.08. The van der Waals surface area contributed by atoms with E-state index in [2.05, 4.69) is 15.3 Å². The smallest absolute Gasteiger partial charge is 0.149 e. The lowest BCUT2D eigenvalue weighted by molar-refractivity contribution is 1.28. The van der Waals surface area contributed by atoms with Gasteiger partial charge in [0.25, 0.3) is 0 Å². The number of nitrogens with two attached hydrogens (primary N) is 1. The van der Waals surface area contributed by atoms with Crippen molar-refractivity contribution in [2.75, 3.05) is 11.1 Å². The molecule has 0 saturated heterocycles. The highest BCUT2D eigenvalue weighted by atomic mass is 35.5. The first-order chi connectivity index (χ1) is 9.22. The van der Waals surface area contributed by atoms with E-state index in [1.54, 1.807) is 24.4 Å². The number of benzene rings is 2. The third kappa shape index (κ3) is 2.44. The Kier molecular flexibility index (Phi) is 2.93. The lowest BCUT2D eigenvalue weighted by Crippen LogP contribution is -1.97. The van der Waals surface area contributed by atoms with Gasteiger partial charge in [0, 0.05) is 5.69 Å². The van der Waals surface area contributed by atoms with Crippen LogP contribution in [0.1, 0.15) is 0 Å². The van der Waals surface area contributed by atoms with Crippen LogP contribution < -0.4 is 11.1 Å². The monoisotopic (exact) mass is 270 g/mol. The number of hydrogen-bond acceptors (Lipinski definition) is 4. The normalized spacial score (nSPS) is 10.6. The quantitative estimate of drug-likeness (QED) is 0.698. The molecule has 0 aliphatic carbocycles. The summed E-state index contributed by atoms with van der Waals surface area (Å²) >= 11 is 6.10. The fourth-order valence-corrected chi connectivity index (χ4v) is 1.96. The van der Waals surface area contributed by atoms with Gasteiger partial charge in [0.05, 0.1) is 27.9 Å². The predicted molar refractivity (Wildman–Crippen MR) is 78.7 cm³/mol. The highest BCUT2D eigenvalue weighted by Crippen LogP contribution is 2.27. The van der Waals surface area contributed by atoms with Crippen molar-refractivity contribution in [2.45, 2.75) is 0 Å². The molecule has 0 aliphatic heterocycles. The molecule has 1 heterocycles. The number of para-hydroxylation sites is 2. The van der Waals surface area contributed by atoms with E-state index in [-0.39, 0.29) is 0 Å². The summed E-state index contributed by atoms with van der Waals surface area (Å²) in [7, 11) is 0. The minimum Gasteiger partial charge on any atom is -0.399 e. The maximum absolute atomic E-state index is 6.10. The van der Waals surface area contributed by atoms with Crippen molar-refractivity contribution in [3.05, 3.63) is 53.7 Å². The largest absolute Gasteiger partial charge is 0.399 e. The van der Waals surface area contributed by atoms with Crippen molar-refractivity contribution < 1.29 is 0 Å². The number of rotatable bonds is 2. The molecule has 0 amide bonds. The average molecular weight is 271 g/mol. The van der Waals surface area contributed by atoms with Gasteiger partial charge in [-0.2, -0.15) is 0 Å². The van der Waals surface area contributed by atoms with Crippen molar-refractivity contribution in [3.8, 4) is 0 Å². The van der Waals surface area contributed by atoms with Gasteiger partial charge < -0.3 is 11.1 Å². The zero-order chi connectivity index (χ0) is 13.2. The molecule has 5 heteroatoms. The Morgan fingerprint density at radius 2 is 1.84 bits per heavy atom. The van der Waals surface area contributed by atoms with Gasteiger partial charge in [-0.05, 0) is 30.3 Å². The second-order valence-corrected chi connectivity index (χ2v) is 4.52. The Hall–Kier alpha value is -2.33. The Morgan fingerprint density at radius 3 is 2.68 bits per heavy atom. The molecule has 0 aliphatic rings. The summed E-state index contributed by atoms with van der Waals surface area (Å²) in [5.41, 5.74) is 8.77. The number of hydrogen-bond donors (Lipinski definition) is 2. The molecule has 2 aromatic carbocycles. The van der Waals surface area contributed by atoms with Crippen LogP contribution >= 0.6 is 11.6 Å². The molecular formula is C14H11ClN4. The summed E-state index contributed by atoms with van der Waals surface area (Å²) < 4.78 is 0. The van der Waals surface area contributed by atoms with Crippen molar-refractivity contribution in [2.24, 2.45) is 0 Å². The van der Waals surface area contributed by atoms with Crippen LogP contribution in [-0.4, -0.2) is 9.97 Å². The molecule has 0 saturated carbocycles. The molecule has 0 radical (unpaired) electrons. The van der Waals surface area contributed by atoms with E-state index in [1.807, 2.05) is 24.3 Å². The van der Waals surface area contributed by atoms with E-state index in [0.717, 1.165) is 11.0 Å². The average Bonchev–Trinajstić information content (AvgIpc) is 2.43. The molecule has 4 nitrogen and oxygen atoms in total. The van der Waals surface area contributed by atoms with E-state index < -0.39 is 0 Å². The second-order valence-electron chi connectivity index (χ2n) is 4.11. The van der Waals surface area contributed by atoms with E-state index >= 15 is 0 Å². The number of aromatic nitrogens is 2. The molecule has 0 bridgehead atoms. The van der Waals surface area contributed by atoms with E-state index in [4.69, 9.17) is 17.3 Å². The number of halogens is 1. The van der Waals surface area contributed by atoms with Crippen LogP contribution in [0.4, 0.5) is 17.2 Å². The van der Waals surface area contributed by atoms with Gasteiger partial charge in [0.15, 0.2) is 0 Å². The first kappa shape index (κ1) is 11.7. The topological polar surface area (TPSA) is 63.8 Å². The molecule has 3 aromatic rings. The molecule has 3 rings (SSSR count). The molecule has 0 spiro atoms. The van der Waals surface area contributed by atoms with Gasteiger partial charge in [-0.15, -0.1) is 0 Å². The van der Waals surface area contributed by atoms with Crippen LogP contribution in [0.25, 0.3) is 11.0 Å². The van der Waals surface area contributed by atoms with Crippen molar-refractivity contribution in [1.29, 1.82) is 0 Å². The number of nitrogens with one attached hydrogen (secondary N) is 1. The summed E-state index contributed by atoms with van der Waals surface area (Å²) in [6.45, 7) is 0. The molecule has 19 heavy (non-hydrogen) atoms. The number of fused-ring (bicyclic) bond motifs is 1. The molecule has 94 valence electrons. The Balaban J connectivity index is 1.98. The van der Waals surface area contributed by atoms with Gasteiger partial charge >= 0.3 is 0 Å². The molecular weight excluding hydrogens is 260 g/mol. The Morgan fingerprint density at radius 1 is 1.05 bits per heavy atom. The van der Waals surface area contributed by atoms with Gasteiger partial charge in [0.2, 0.25) is 0 Å². The second kappa shape index (κ2) is 4.74. The summed E-state index contributed by atoms with van der Waals surface area (Å²) in [5.74, 6) is 0.631.